The predicted octanol–water partition coefficient (Wildman–Crippen LogP) is 18.8. The van der Waals surface area contributed by atoms with Gasteiger partial charge < -0.3 is 9.47 Å². The first-order valence-corrected chi connectivity index (χ1v) is 26.6. The van der Waals surface area contributed by atoms with E-state index in [0.717, 1.165) is 17.1 Å². The molecule has 0 radical (unpaired) electrons. The Labute approximate surface area is 440 Å². The second-order valence-electron chi connectivity index (χ2n) is 21.0. The van der Waals surface area contributed by atoms with Crippen molar-refractivity contribution in [3.63, 3.8) is 0 Å². The first-order chi connectivity index (χ1) is 37.7. The minimum atomic E-state index is -0.617. The molecule has 0 N–H and O–H groups in total. The zero-order valence-corrected chi connectivity index (χ0v) is 41.5. The fraction of sp³-hybridized carbons (Fsp3) is 0.0270. The van der Waals surface area contributed by atoms with E-state index in [2.05, 4.69) is 289 Å². The normalized spacial score (nSPS) is 15.3. The van der Waals surface area contributed by atoms with Gasteiger partial charge in [-0.15, -0.1) is 0 Å². The van der Waals surface area contributed by atoms with Gasteiger partial charge in [0.25, 0.3) is 0 Å². The molecule has 2 aliphatic carbocycles. The number of para-hydroxylation sites is 3. The number of hydrogen-bond acceptors (Lipinski definition) is 1. The number of anilines is 3. The molecule has 2 nitrogen and oxygen atoms in total. The van der Waals surface area contributed by atoms with Crippen LogP contribution >= 0.6 is 0 Å². The monoisotopic (exact) mass is 962 g/mol. The Morgan fingerprint density at radius 3 is 1.64 bits per heavy atom. The van der Waals surface area contributed by atoms with Crippen LogP contribution in [0.1, 0.15) is 44.5 Å². The lowest BCUT2D eigenvalue weighted by molar-refractivity contribution is 0.748. The molecule has 0 saturated heterocycles. The van der Waals surface area contributed by atoms with Crippen LogP contribution in [-0.2, 0) is 10.8 Å². The lowest BCUT2D eigenvalue weighted by atomic mass is 9.65. The van der Waals surface area contributed by atoms with E-state index < -0.39 is 10.8 Å². The quantitative estimate of drug-likeness (QED) is 0.156. The van der Waals surface area contributed by atoms with Crippen LogP contribution in [-0.4, -0.2) is 4.57 Å². The van der Waals surface area contributed by atoms with Crippen LogP contribution in [0.5, 0.6) is 0 Å². The number of nitrogens with zero attached hydrogens (tertiary/aromatic N) is 2. The zero-order valence-electron chi connectivity index (χ0n) is 41.5. The van der Waals surface area contributed by atoms with Crippen molar-refractivity contribution in [2.75, 3.05) is 4.90 Å². The summed E-state index contributed by atoms with van der Waals surface area (Å²) in [5.74, 6) is 0. The Morgan fingerprint density at radius 1 is 0.289 bits per heavy atom. The summed E-state index contributed by atoms with van der Waals surface area (Å²) in [6.45, 7) is 0. The molecule has 0 saturated carbocycles. The van der Waals surface area contributed by atoms with Crippen LogP contribution in [0.4, 0.5) is 17.1 Å². The summed E-state index contributed by atoms with van der Waals surface area (Å²) in [4.78, 5) is 2.59. The Hall–Kier alpha value is -9.76. The van der Waals surface area contributed by atoms with Crippen molar-refractivity contribution in [2.24, 2.45) is 0 Å². The largest absolute Gasteiger partial charge is 0.310 e. The second-order valence-corrected chi connectivity index (χ2v) is 21.0. The molecule has 2 heteroatoms. The Morgan fingerprint density at radius 2 is 0.842 bits per heavy atom. The summed E-state index contributed by atoms with van der Waals surface area (Å²) < 4.78 is 2.54. The number of rotatable bonds is 5. The molecule has 1 aromatic heterocycles. The Kier molecular flexibility index (Phi) is 8.44. The van der Waals surface area contributed by atoms with Crippen LogP contribution < -0.4 is 4.90 Å². The number of fused-ring (bicyclic) bond motifs is 20. The third kappa shape index (κ3) is 5.25. The second kappa shape index (κ2) is 15.4. The lowest BCUT2D eigenvalue weighted by Gasteiger charge is -2.40. The SMILES string of the molecule is c1ccc(C2(c3ccccc3)c3ccccc3-c3c2cc(N(c2ccc4c(c2)C2(c5ccccc5-4)c4ccccc4-n4c5ccccc5c5cccc2c54)c2ccc4c(ccc5ccccc54)c2)c2ccccc32)cc1. The third-order valence-electron chi connectivity index (χ3n) is 17.6. The van der Waals surface area contributed by atoms with Crippen molar-refractivity contribution < 1.29 is 0 Å². The molecule has 13 aromatic carbocycles. The molecule has 3 aliphatic rings. The first kappa shape index (κ1) is 41.7. The van der Waals surface area contributed by atoms with Crippen molar-refractivity contribution in [3.05, 3.63) is 324 Å². The number of aromatic nitrogens is 1. The smallest absolute Gasteiger partial charge is 0.0755 e. The van der Waals surface area contributed by atoms with Gasteiger partial charge in [-0.3, -0.25) is 0 Å². The molecule has 2 heterocycles. The van der Waals surface area contributed by atoms with Crippen molar-refractivity contribution in [1.82, 2.24) is 4.57 Å². The van der Waals surface area contributed by atoms with Gasteiger partial charge in [0.1, 0.15) is 0 Å². The minimum Gasteiger partial charge on any atom is -0.310 e. The average Bonchev–Trinajstić information content (AvgIpc) is 4.10. The molecular weight excluding hydrogens is 917 g/mol. The number of benzene rings is 13. The molecular formula is C74H46N2. The van der Waals surface area contributed by atoms with E-state index in [1.165, 1.54) is 127 Å². The third-order valence-corrected chi connectivity index (χ3v) is 17.6. The van der Waals surface area contributed by atoms with Gasteiger partial charge >= 0.3 is 0 Å². The summed E-state index contributed by atoms with van der Waals surface area (Å²) in [5.41, 5.74) is 21.2. The molecule has 17 rings (SSSR count). The highest BCUT2D eigenvalue weighted by Gasteiger charge is 2.52. The molecule has 76 heavy (non-hydrogen) atoms. The summed E-state index contributed by atoms with van der Waals surface area (Å²) in [5, 5.41) is 9.93. The van der Waals surface area contributed by atoms with Gasteiger partial charge in [-0.25, -0.2) is 0 Å². The van der Waals surface area contributed by atoms with Gasteiger partial charge in [-0.1, -0.05) is 237 Å². The number of hydrogen-bond donors (Lipinski definition) is 0. The summed E-state index contributed by atoms with van der Waals surface area (Å²) >= 11 is 0. The zero-order chi connectivity index (χ0) is 49.7. The topological polar surface area (TPSA) is 8.17 Å². The first-order valence-electron chi connectivity index (χ1n) is 26.6. The predicted molar refractivity (Wildman–Crippen MR) is 316 cm³/mol. The maximum Gasteiger partial charge on any atom is 0.0755 e. The maximum absolute atomic E-state index is 2.59. The molecule has 14 aromatic rings. The van der Waals surface area contributed by atoms with E-state index in [9.17, 15) is 0 Å². The van der Waals surface area contributed by atoms with Gasteiger partial charge in [0.15, 0.2) is 0 Å². The maximum atomic E-state index is 2.59. The highest BCUT2D eigenvalue weighted by molar-refractivity contribution is 6.15. The fourth-order valence-electron chi connectivity index (χ4n) is 14.7. The van der Waals surface area contributed by atoms with Gasteiger partial charge in [-0.2, -0.15) is 0 Å². The standard InChI is InChI=1S/C74H46N2/c1-3-21-49(22-4-1)73(50-23-5-2-6-24-50)63-33-15-12-30-61(63)71-59-29-10-9-27-57(59)70(46-67(71)73)75(51-40-42-54-48(44-51)39-38-47-20-7-8-25-53(47)54)52-41-43-56-55-26-11-14-32-62(55)74(66(56)45-52)64-34-16-18-37-69(64)76-68-36-17-13-28-58(68)60-31-19-35-65(74)72(60)76/h1-46H. The van der Waals surface area contributed by atoms with E-state index in [1.54, 1.807) is 0 Å². The van der Waals surface area contributed by atoms with E-state index in [1.807, 2.05) is 0 Å². The van der Waals surface area contributed by atoms with Crippen molar-refractivity contribution in [3.8, 4) is 27.9 Å². The Bertz CT molecular complexity index is 4730. The minimum absolute atomic E-state index is 0.603. The van der Waals surface area contributed by atoms with Crippen LogP contribution in [0.15, 0.2) is 279 Å². The van der Waals surface area contributed by atoms with Crippen molar-refractivity contribution in [2.45, 2.75) is 10.8 Å². The van der Waals surface area contributed by atoms with Crippen molar-refractivity contribution >= 4 is 71.2 Å². The van der Waals surface area contributed by atoms with Gasteiger partial charge in [-0.05, 0) is 136 Å². The Balaban J connectivity index is 1.00. The molecule has 352 valence electrons. The molecule has 0 fully saturated rings. The molecule has 1 unspecified atom stereocenters. The summed E-state index contributed by atoms with van der Waals surface area (Å²) in [7, 11) is 0. The van der Waals surface area contributed by atoms with Crippen molar-refractivity contribution in [1.29, 1.82) is 0 Å². The summed E-state index contributed by atoms with van der Waals surface area (Å²) in [6.07, 6.45) is 0. The van der Waals surface area contributed by atoms with E-state index in [0.29, 0.717) is 0 Å². The molecule has 0 amide bonds. The van der Waals surface area contributed by atoms with Crippen LogP contribution in [0.3, 0.4) is 0 Å². The van der Waals surface area contributed by atoms with Gasteiger partial charge in [0.2, 0.25) is 0 Å². The fourth-order valence-corrected chi connectivity index (χ4v) is 14.7. The van der Waals surface area contributed by atoms with Crippen LogP contribution in [0.2, 0.25) is 0 Å². The average molecular weight is 963 g/mol. The highest BCUT2D eigenvalue weighted by atomic mass is 15.1. The van der Waals surface area contributed by atoms with Crippen LogP contribution in [0.25, 0.3) is 82.1 Å². The van der Waals surface area contributed by atoms with Gasteiger partial charge in [0, 0.05) is 27.5 Å². The molecule has 1 aliphatic heterocycles. The van der Waals surface area contributed by atoms with Gasteiger partial charge in [0.05, 0.1) is 33.2 Å². The lowest BCUT2D eigenvalue weighted by Crippen LogP contribution is -2.33. The van der Waals surface area contributed by atoms with Crippen LogP contribution in [0, 0.1) is 0 Å². The molecule has 0 bridgehead atoms. The highest BCUT2D eigenvalue weighted by Crippen LogP contribution is 2.63. The molecule has 1 atom stereocenters. The van der Waals surface area contributed by atoms with E-state index in [4.69, 9.17) is 0 Å². The van der Waals surface area contributed by atoms with E-state index >= 15 is 0 Å². The van der Waals surface area contributed by atoms with E-state index in [-0.39, 0.29) is 0 Å². The summed E-state index contributed by atoms with van der Waals surface area (Å²) in [6, 6.07) is 106. The molecule has 1 spiro atoms.